The Labute approximate surface area is 103 Å². The third-order valence-corrected chi connectivity index (χ3v) is 4.67. The number of hydrogen-bond donors (Lipinski definition) is 0. The Balaban J connectivity index is 2.22. The summed E-state index contributed by atoms with van der Waals surface area (Å²) >= 11 is 0. The molecule has 2 fully saturated rings. The Morgan fingerprint density at radius 2 is 1.76 bits per heavy atom. The molecule has 0 amide bonds. The molecule has 4 heteroatoms. The molecule has 98 valence electrons. The van der Waals surface area contributed by atoms with Crippen LogP contribution in [0.25, 0.3) is 0 Å². The highest BCUT2D eigenvalue weighted by Gasteiger charge is 2.58. The average molecular weight is 242 g/mol. The highest BCUT2D eigenvalue weighted by molar-refractivity contribution is 5.77. The lowest BCUT2D eigenvalue weighted by atomic mass is 9.68. The number of esters is 1. The van der Waals surface area contributed by atoms with Crippen molar-refractivity contribution in [3.63, 3.8) is 0 Å². The normalized spacial score (nSPS) is 36.2. The maximum atomic E-state index is 12.0. The average Bonchev–Trinajstić information content (AvgIpc) is 2.63. The molecule has 4 nitrogen and oxygen atoms in total. The van der Waals surface area contributed by atoms with Crippen molar-refractivity contribution in [2.75, 3.05) is 21.3 Å². The number of fused-ring (bicyclic) bond motifs is 2. The van der Waals surface area contributed by atoms with Crippen LogP contribution in [0.4, 0.5) is 0 Å². The Bertz CT molecular complexity index is 300. The van der Waals surface area contributed by atoms with Gasteiger partial charge in [-0.15, -0.1) is 0 Å². The molecule has 2 atom stereocenters. The summed E-state index contributed by atoms with van der Waals surface area (Å²) in [4.78, 5) is 12.0. The van der Waals surface area contributed by atoms with E-state index in [2.05, 4.69) is 0 Å². The van der Waals surface area contributed by atoms with Gasteiger partial charge in [0.25, 0.3) is 0 Å². The molecular formula is C13H22O4. The quantitative estimate of drug-likeness (QED) is 0.559. The monoisotopic (exact) mass is 242 g/mol. The van der Waals surface area contributed by atoms with Gasteiger partial charge in [0, 0.05) is 19.6 Å². The van der Waals surface area contributed by atoms with E-state index in [1.165, 1.54) is 7.11 Å². The van der Waals surface area contributed by atoms with E-state index in [0.717, 1.165) is 38.5 Å². The lowest BCUT2D eigenvalue weighted by molar-refractivity contribution is -0.190. The summed E-state index contributed by atoms with van der Waals surface area (Å²) in [5.74, 6) is -0.0509. The van der Waals surface area contributed by atoms with Crippen LogP contribution in [0.15, 0.2) is 0 Å². The van der Waals surface area contributed by atoms with E-state index in [4.69, 9.17) is 14.2 Å². The summed E-state index contributed by atoms with van der Waals surface area (Å²) in [6.07, 6.45) is 5.63. The van der Waals surface area contributed by atoms with E-state index in [0.29, 0.717) is 0 Å². The SMILES string of the molecule is COC(=O)C12CCCC(C(OC)OC)(CC1)C2. The van der Waals surface area contributed by atoms with E-state index in [1.807, 2.05) is 0 Å². The standard InChI is InChI=1S/C13H22O4/c1-15-10(14)12-5-4-6-13(9-12,8-7-12)11(16-2)17-3/h11H,4-9H2,1-3H3. The molecule has 2 saturated carbocycles. The highest BCUT2D eigenvalue weighted by atomic mass is 16.7. The summed E-state index contributed by atoms with van der Waals surface area (Å²) in [6.45, 7) is 0. The minimum atomic E-state index is -0.275. The molecule has 0 aromatic carbocycles. The van der Waals surface area contributed by atoms with Crippen LogP contribution >= 0.6 is 0 Å². The van der Waals surface area contributed by atoms with E-state index in [-0.39, 0.29) is 23.1 Å². The van der Waals surface area contributed by atoms with Gasteiger partial charge >= 0.3 is 5.97 Å². The smallest absolute Gasteiger partial charge is 0.311 e. The molecule has 0 spiro atoms. The van der Waals surface area contributed by atoms with Crippen LogP contribution in [0.1, 0.15) is 38.5 Å². The second-order valence-electron chi connectivity index (χ2n) is 5.47. The molecule has 2 rings (SSSR count). The first-order valence-corrected chi connectivity index (χ1v) is 6.26. The van der Waals surface area contributed by atoms with Gasteiger partial charge in [0.05, 0.1) is 12.5 Å². The lowest BCUT2D eigenvalue weighted by Gasteiger charge is -2.41. The van der Waals surface area contributed by atoms with Crippen molar-refractivity contribution >= 4 is 5.97 Å². The fraction of sp³-hybridized carbons (Fsp3) is 0.923. The molecule has 0 saturated heterocycles. The van der Waals surface area contributed by atoms with Crippen LogP contribution in [-0.2, 0) is 19.0 Å². The Hall–Kier alpha value is -0.610. The summed E-state index contributed by atoms with van der Waals surface area (Å²) < 4.78 is 15.9. The lowest BCUT2D eigenvalue weighted by Crippen LogP contribution is -2.42. The minimum Gasteiger partial charge on any atom is -0.469 e. The van der Waals surface area contributed by atoms with Crippen LogP contribution in [-0.4, -0.2) is 33.6 Å². The van der Waals surface area contributed by atoms with E-state index in [9.17, 15) is 4.79 Å². The topological polar surface area (TPSA) is 44.8 Å². The summed E-state index contributed by atoms with van der Waals surface area (Å²) in [5.41, 5.74) is -0.266. The molecule has 0 heterocycles. The van der Waals surface area contributed by atoms with Crippen LogP contribution in [0.5, 0.6) is 0 Å². The van der Waals surface area contributed by atoms with E-state index >= 15 is 0 Å². The number of methoxy groups -OCH3 is 3. The van der Waals surface area contributed by atoms with Crippen molar-refractivity contribution in [1.82, 2.24) is 0 Å². The fourth-order valence-corrected chi connectivity index (χ4v) is 3.95. The van der Waals surface area contributed by atoms with Gasteiger partial charge in [-0.2, -0.15) is 0 Å². The van der Waals surface area contributed by atoms with Gasteiger partial charge in [-0.05, 0) is 32.1 Å². The Morgan fingerprint density at radius 3 is 2.35 bits per heavy atom. The van der Waals surface area contributed by atoms with Gasteiger partial charge in [-0.3, -0.25) is 4.79 Å². The molecule has 0 N–H and O–H groups in total. The van der Waals surface area contributed by atoms with Gasteiger partial charge < -0.3 is 14.2 Å². The minimum absolute atomic E-state index is 0.00986. The van der Waals surface area contributed by atoms with Crippen molar-refractivity contribution < 1.29 is 19.0 Å². The third kappa shape index (κ3) is 1.87. The molecule has 0 aromatic rings. The molecule has 0 aromatic heterocycles. The zero-order valence-corrected chi connectivity index (χ0v) is 11.0. The molecule has 17 heavy (non-hydrogen) atoms. The highest BCUT2D eigenvalue weighted by Crippen LogP contribution is 2.60. The predicted octanol–water partition coefficient (Wildman–Crippen LogP) is 2.12. The molecule has 2 unspecified atom stereocenters. The van der Waals surface area contributed by atoms with Crippen LogP contribution in [0.3, 0.4) is 0 Å². The van der Waals surface area contributed by atoms with Crippen molar-refractivity contribution in [3.05, 3.63) is 0 Å². The second-order valence-corrected chi connectivity index (χ2v) is 5.47. The number of carbonyl (C=O) groups excluding carboxylic acids is 1. The number of hydrogen-bond acceptors (Lipinski definition) is 4. The van der Waals surface area contributed by atoms with E-state index in [1.54, 1.807) is 14.2 Å². The number of ether oxygens (including phenoxy) is 3. The Morgan fingerprint density at radius 1 is 1.06 bits per heavy atom. The zero-order valence-electron chi connectivity index (χ0n) is 11.0. The van der Waals surface area contributed by atoms with Crippen molar-refractivity contribution in [3.8, 4) is 0 Å². The van der Waals surface area contributed by atoms with Gasteiger partial charge in [0.15, 0.2) is 6.29 Å². The second kappa shape index (κ2) is 4.58. The van der Waals surface area contributed by atoms with Gasteiger partial charge in [0.2, 0.25) is 0 Å². The van der Waals surface area contributed by atoms with Gasteiger partial charge in [-0.1, -0.05) is 6.42 Å². The number of carbonyl (C=O) groups is 1. The van der Waals surface area contributed by atoms with Crippen LogP contribution in [0, 0.1) is 10.8 Å². The molecule has 0 aliphatic heterocycles. The first kappa shape index (κ1) is 12.8. The molecular weight excluding hydrogens is 220 g/mol. The number of rotatable bonds is 4. The van der Waals surface area contributed by atoms with E-state index < -0.39 is 0 Å². The largest absolute Gasteiger partial charge is 0.469 e. The van der Waals surface area contributed by atoms with Crippen molar-refractivity contribution in [2.24, 2.45) is 10.8 Å². The third-order valence-electron chi connectivity index (χ3n) is 4.67. The summed E-state index contributed by atoms with van der Waals surface area (Å²) in [6, 6.07) is 0. The van der Waals surface area contributed by atoms with Crippen LogP contribution < -0.4 is 0 Å². The molecule has 2 aliphatic carbocycles. The molecule has 2 bridgehead atoms. The predicted molar refractivity (Wildman–Crippen MR) is 62.4 cm³/mol. The van der Waals surface area contributed by atoms with Gasteiger partial charge in [0.1, 0.15) is 0 Å². The fourth-order valence-electron chi connectivity index (χ4n) is 3.95. The first-order chi connectivity index (χ1) is 8.12. The maximum Gasteiger partial charge on any atom is 0.311 e. The zero-order chi connectivity index (χ0) is 12.5. The van der Waals surface area contributed by atoms with Crippen LogP contribution in [0.2, 0.25) is 0 Å². The molecule has 0 radical (unpaired) electrons. The van der Waals surface area contributed by atoms with Crippen molar-refractivity contribution in [2.45, 2.75) is 44.8 Å². The summed E-state index contributed by atoms with van der Waals surface area (Å²) in [7, 11) is 4.83. The first-order valence-electron chi connectivity index (χ1n) is 6.26. The molecule has 2 aliphatic rings. The van der Waals surface area contributed by atoms with Crippen molar-refractivity contribution in [1.29, 1.82) is 0 Å². The maximum absolute atomic E-state index is 12.0. The summed E-state index contributed by atoms with van der Waals surface area (Å²) in [5, 5.41) is 0. The Kier molecular flexibility index (Phi) is 3.46. The van der Waals surface area contributed by atoms with Gasteiger partial charge in [-0.25, -0.2) is 0 Å².